The number of carbonyl (C=O) groups is 3. The van der Waals surface area contributed by atoms with Crippen molar-refractivity contribution in [1.82, 2.24) is 5.32 Å². The molecule has 0 heterocycles. The third-order valence-electron chi connectivity index (χ3n) is 10.6. The van der Waals surface area contributed by atoms with Crippen LogP contribution < -0.4 is 5.32 Å². The molecule has 392 valence electrons. The largest absolute Gasteiger partial charge is 0.472 e. The van der Waals surface area contributed by atoms with E-state index in [4.69, 9.17) is 23.6 Å². The van der Waals surface area contributed by atoms with Crippen molar-refractivity contribution in [2.75, 3.05) is 33.0 Å². The van der Waals surface area contributed by atoms with Crippen LogP contribution in [0.1, 0.15) is 281 Å². The molecule has 0 fully saturated rings. The van der Waals surface area contributed by atoms with Gasteiger partial charge in [-0.1, -0.05) is 249 Å². The van der Waals surface area contributed by atoms with E-state index in [1.165, 1.54) is 148 Å². The van der Waals surface area contributed by atoms with Crippen LogP contribution in [0.15, 0.2) is 0 Å². The maximum atomic E-state index is 12.7. The minimum Gasteiger partial charge on any atom is -0.462 e. The Labute approximate surface area is 402 Å². The molecule has 0 rings (SSSR count). The van der Waals surface area contributed by atoms with Gasteiger partial charge in [-0.05, 0) is 18.3 Å². The smallest absolute Gasteiger partial charge is 0.462 e. The van der Waals surface area contributed by atoms with Crippen molar-refractivity contribution < 1.29 is 47.5 Å². The van der Waals surface area contributed by atoms with Crippen LogP contribution in [-0.2, 0) is 37.5 Å². The summed E-state index contributed by atoms with van der Waals surface area (Å²) in [7, 11) is -4.49. The standard InChI is InChI=1S/C44H86NO9P.C5H12O.2C2H6/c1-4-7-9-11-13-15-17-19-21-23-25-27-29-31-33-35-43(47)51-39-41(40-53-55(49,50)52-38-37-45-42(46)6-3)54-44(48)36-34-32-30-28-26-24-22-20-18-16-14-12-10-8-5-2;1-5(2,3)4-6;2*1-2/h41H,4-40H2,1-3H3,(H,45,46)(H,49,50);6H,4H2,1-3H3;2*1-2H3/t41-;;;/m1.../s1. The van der Waals surface area contributed by atoms with Gasteiger partial charge in [-0.15, -0.1) is 0 Å². The zero-order valence-electron chi connectivity index (χ0n) is 44.6. The zero-order valence-corrected chi connectivity index (χ0v) is 45.4. The number of aliphatic hydroxyl groups is 1. The van der Waals surface area contributed by atoms with Crippen molar-refractivity contribution in [2.24, 2.45) is 5.41 Å². The lowest BCUT2D eigenvalue weighted by Gasteiger charge is -2.20. The first kappa shape index (κ1) is 70.0. The van der Waals surface area contributed by atoms with Crippen molar-refractivity contribution in [3.8, 4) is 0 Å². The molecule has 3 N–H and O–H groups in total. The molecule has 1 unspecified atom stereocenters. The second kappa shape index (κ2) is 55.1. The van der Waals surface area contributed by atoms with E-state index < -0.39 is 32.5 Å². The molecule has 11 nitrogen and oxygen atoms in total. The van der Waals surface area contributed by atoms with Crippen LogP contribution >= 0.6 is 7.82 Å². The Hall–Kier alpha value is -1.52. The number of hydrogen-bond donors (Lipinski definition) is 3. The fourth-order valence-corrected chi connectivity index (χ4v) is 7.34. The van der Waals surface area contributed by atoms with Crippen LogP contribution in [0, 0.1) is 5.41 Å². The predicted molar refractivity (Wildman–Crippen MR) is 274 cm³/mol. The van der Waals surface area contributed by atoms with Crippen LogP contribution in [0.2, 0.25) is 0 Å². The molecule has 0 aliphatic rings. The van der Waals surface area contributed by atoms with Crippen molar-refractivity contribution in [3.05, 3.63) is 0 Å². The van der Waals surface area contributed by atoms with E-state index in [0.29, 0.717) is 6.42 Å². The molecule has 2 atom stereocenters. The van der Waals surface area contributed by atoms with Gasteiger partial charge in [0.15, 0.2) is 6.10 Å². The highest BCUT2D eigenvalue weighted by Gasteiger charge is 2.26. The number of ether oxygens (including phenoxy) is 2. The van der Waals surface area contributed by atoms with Crippen molar-refractivity contribution in [3.63, 3.8) is 0 Å². The second-order valence-electron chi connectivity index (χ2n) is 18.2. The first-order valence-electron chi connectivity index (χ1n) is 27.1. The molecule has 0 radical (unpaired) electrons. The van der Waals surface area contributed by atoms with E-state index in [1.54, 1.807) is 6.92 Å². The molecule has 12 heteroatoms. The van der Waals surface area contributed by atoms with Crippen LogP contribution in [0.3, 0.4) is 0 Å². The van der Waals surface area contributed by atoms with Gasteiger partial charge in [0, 0.05) is 32.4 Å². The highest BCUT2D eigenvalue weighted by molar-refractivity contribution is 7.47. The molecule has 0 spiro atoms. The van der Waals surface area contributed by atoms with Crippen molar-refractivity contribution in [2.45, 2.75) is 287 Å². The first-order valence-corrected chi connectivity index (χ1v) is 28.6. The van der Waals surface area contributed by atoms with Gasteiger partial charge in [-0.2, -0.15) is 0 Å². The average molecular weight is 952 g/mol. The number of rotatable bonds is 43. The minimum atomic E-state index is -4.49. The summed E-state index contributed by atoms with van der Waals surface area (Å²) in [6.45, 7) is 19.6. The van der Waals surface area contributed by atoms with E-state index >= 15 is 0 Å². The predicted octanol–water partition coefficient (Wildman–Crippen LogP) is 15.7. The maximum absolute atomic E-state index is 12.7. The molecule has 0 aromatic carbocycles. The summed E-state index contributed by atoms with van der Waals surface area (Å²) in [5.41, 5.74) is 0.0972. The number of esters is 2. The Morgan fingerprint density at radius 1 is 0.523 bits per heavy atom. The quantitative estimate of drug-likeness (QED) is 0.0305. The Kier molecular flexibility index (Phi) is 59.4. The van der Waals surface area contributed by atoms with Gasteiger partial charge in [-0.25, -0.2) is 4.57 Å². The monoisotopic (exact) mass is 952 g/mol. The topological polar surface area (TPSA) is 158 Å². The molecule has 65 heavy (non-hydrogen) atoms. The lowest BCUT2D eigenvalue weighted by atomic mass is 9.99. The van der Waals surface area contributed by atoms with Gasteiger partial charge in [0.25, 0.3) is 0 Å². The van der Waals surface area contributed by atoms with E-state index in [-0.39, 0.29) is 57.0 Å². The molecule has 0 aliphatic carbocycles. The van der Waals surface area contributed by atoms with E-state index in [0.717, 1.165) is 38.5 Å². The van der Waals surface area contributed by atoms with Crippen LogP contribution in [0.5, 0.6) is 0 Å². The van der Waals surface area contributed by atoms with Gasteiger partial charge < -0.3 is 24.8 Å². The van der Waals surface area contributed by atoms with Gasteiger partial charge in [0.1, 0.15) is 6.61 Å². The lowest BCUT2D eigenvalue weighted by Crippen LogP contribution is -2.30. The average Bonchev–Trinajstić information content (AvgIpc) is 3.29. The highest BCUT2D eigenvalue weighted by atomic mass is 31.2. The summed E-state index contributed by atoms with van der Waals surface area (Å²) in [5.74, 6) is -1.06. The van der Waals surface area contributed by atoms with Gasteiger partial charge in [0.05, 0.1) is 13.2 Å². The lowest BCUT2D eigenvalue weighted by molar-refractivity contribution is -0.161. The van der Waals surface area contributed by atoms with Crippen molar-refractivity contribution in [1.29, 1.82) is 0 Å². The van der Waals surface area contributed by atoms with E-state index in [1.807, 2.05) is 48.5 Å². The summed E-state index contributed by atoms with van der Waals surface area (Å²) in [4.78, 5) is 46.6. The van der Waals surface area contributed by atoms with E-state index in [2.05, 4.69) is 19.2 Å². The molecule has 1 amide bonds. The minimum absolute atomic E-state index is 0.0508. The zero-order chi connectivity index (χ0) is 49.7. The number of amides is 1. The summed E-state index contributed by atoms with van der Waals surface area (Å²) in [6, 6.07) is 0. The molecule has 0 saturated carbocycles. The number of phosphoric acid groups is 1. The Morgan fingerprint density at radius 3 is 1.17 bits per heavy atom. The fraction of sp³-hybridized carbons (Fsp3) is 0.943. The number of aliphatic hydroxyl groups excluding tert-OH is 1. The molecular weight excluding hydrogens is 842 g/mol. The molecule has 0 aromatic rings. The number of unbranched alkanes of at least 4 members (excludes halogenated alkanes) is 28. The normalized spacial score (nSPS) is 12.3. The number of phosphoric ester groups is 1. The van der Waals surface area contributed by atoms with Crippen LogP contribution in [-0.4, -0.2) is 66.9 Å². The third-order valence-corrected chi connectivity index (χ3v) is 11.6. The number of carbonyl (C=O) groups excluding carboxylic acids is 3. The van der Waals surface area contributed by atoms with Gasteiger partial charge in [-0.3, -0.25) is 23.4 Å². The SMILES string of the molecule is CC.CC.CC(C)(C)CO.CCCCCCCCCCCCCCCCCC(=O)OC[C@H](COP(=O)(O)OCCNC(=O)CC)OC(=O)CCCCCCCCCCCCCCCCC. The second-order valence-corrected chi connectivity index (χ2v) is 19.7. The van der Waals surface area contributed by atoms with Gasteiger partial charge >= 0.3 is 19.8 Å². The first-order chi connectivity index (χ1) is 31.3. The van der Waals surface area contributed by atoms with E-state index in [9.17, 15) is 23.8 Å². The van der Waals surface area contributed by atoms with Crippen LogP contribution in [0.25, 0.3) is 0 Å². The third kappa shape index (κ3) is 62.5. The number of hydrogen-bond acceptors (Lipinski definition) is 9. The Balaban J connectivity index is -0.00000168. The highest BCUT2D eigenvalue weighted by Crippen LogP contribution is 2.43. The Morgan fingerprint density at radius 2 is 0.846 bits per heavy atom. The number of nitrogens with one attached hydrogen (secondary N) is 1. The summed E-state index contributed by atoms with van der Waals surface area (Å²) in [6.07, 6.45) is 36.8. The molecule has 0 saturated heterocycles. The molecular formula is C53H110NO10P. The molecule has 0 aromatic heterocycles. The van der Waals surface area contributed by atoms with Crippen molar-refractivity contribution >= 4 is 25.7 Å². The summed E-state index contributed by atoms with van der Waals surface area (Å²) < 4.78 is 33.4. The molecule has 0 aliphatic heterocycles. The van der Waals surface area contributed by atoms with Gasteiger partial charge in [0.2, 0.25) is 5.91 Å². The fourth-order valence-electron chi connectivity index (χ4n) is 6.59. The van der Waals surface area contributed by atoms with Crippen LogP contribution in [0.4, 0.5) is 0 Å². The molecule has 0 bridgehead atoms. The Bertz CT molecular complexity index is 1040. The summed E-state index contributed by atoms with van der Waals surface area (Å²) >= 11 is 0. The maximum Gasteiger partial charge on any atom is 0.472 e. The summed E-state index contributed by atoms with van der Waals surface area (Å²) in [5, 5.41) is 11.0.